The zero-order valence-corrected chi connectivity index (χ0v) is 16.2. The van der Waals surface area contributed by atoms with Crippen LogP contribution in [0.5, 0.6) is 0 Å². The van der Waals surface area contributed by atoms with Crippen molar-refractivity contribution in [1.82, 2.24) is 4.98 Å². The Balaban J connectivity index is 1.87. The van der Waals surface area contributed by atoms with Gasteiger partial charge in [-0.15, -0.1) is 0 Å². The molecule has 4 heteroatoms. The summed E-state index contributed by atoms with van der Waals surface area (Å²) in [6.07, 6.45) is 5.33. The first kappa shape index (κ1) is 20.1. The quantitative estimate of drug-likeness (QED) is 0.423. The molecular formula is C24H24F3N. The summed E-state index contributed by atoms with van der Waals surface area (Å²) in [6.45, 7) is 4.02. The molecule has 0 fully saturated rings. The molecule has 2 aromatic carbocycles. The maximum absolute atomic E-state index is 14.5. The molecule has 0 bridgehead atoms. The fourth-order valence-electron chi connectivity index (χ4n) is 3.28. The molecule has 0 unspecified atom stereocenters. The van der Waals surface area contributed by atoms with Crippen LogP contribution < -0.4 is 0 Å². The van der Waals surface area contributed by atoms with E-state index in [0.717, 1.165) is 19.3 Å². The molecule has 0 spiro atoms. The lowest BCUT2D eigenvalue weighted by molar-refractivity contribution is 0.499. The van der Waals surface area contributed by atoms with Crippen molar-refractivity contribution in [3.05, 3.63) is 77.2 Å². The third-order valence-electron chi connectivity index (χ3n) is 4.90. The highest BCUT2D eigenvalue weighted by Crippen LogP contribution is 2.28. The Bertz CT molecular complexity index is 949. The molecule has 3 rings (SSSR count). The molecule has 0 aliphatic carbocycles. The van der Waals surface area contributed by atoms with Crippen molar-refractivity contribution in [2.24, 2.45) is 0 Å². The topological polar surface area (TPSA) is 12.9 Å². The Hall–Kier alpha value is -2.62. The molecule has 1 heterocycles. The van der Waals surface area contributed by atoms with Crippen molar-refractivity contribution in [1.29, 1.82) is 0 Å². The highest BCUT2D eigenvalue weighted by molar-refractivity contribution is 5.68. The Kier molecular flexibility index (Phi) is 6.50. The van der Waals surface area contributed by atoms with Gasteiger partial charge in [0.2, 0.25) is 0 Å². The highest BCUT2D eigenvalue weighted by atomic mass is 19.2. The predicted molar refractivity (Wildman–Crippen MR) is 108 cm³/mol. The number of rotatable bonds is 7. The average molecular weight is 383 g/mol. The van der Waals surface area contributed by atoms with Gasteiger partial charge >= 0.3 is 0 Å². The molecule has 0 amide bonds. The molecule has 0 aliphatic rings. The van der Waals surface area contributed by atoms with Gasteiger partial charge < -0.3 is 0 Å². The van der Waals surface area contributed by atoms with Crippen LogP contribution in [0.4, 0.5) is 13.2 Å². The van der Waals surface area contributed by atoms with Crippen molar-refractivity contribution in [2.45, 2.75) is 46.0 Å². The van der Waals surface area contributed by atoms with Gasteiger partial charge in [0.05, 0.1) is 5.69 Å². The average Bonchev–Trinajstić information content (AvgIpc) is 2.71. The molecule has 1 aromatic heterocycles. The van der Waals surface area contributed by atoms with E-state index in [1.807, 2.05) is 19.9 Å². The van der Waals surface area contributed by atoms with E-state index < -0.39 is 11.6 Å². The van der Waals surface area contributed by atoms with Crippen LogP contribution in [-0.2, 0) is 12.8 Å². The first-order valence-corrected chi connectivity index (χ1v) is 9.77. The van der Waals surface area contributed by atoms with Gasteiger partial charge in [0.25, 0.3) is 0 Å². The molecule has 28 heavy (non-hydrogen) atoms. The predicted octanol–water partition coefficient (Wildman–Crippen LogP) is 7.13. The molecule has 3 aromatic rings. The first-order chi connectivity index (χ1) is 13.5. The van der Waals surface area contributed by atoms with Crippen molar-refractivity contribution in [3.63, 3.8) is 0 Å². The van der Waals surface area contributed by atoms with Crippen molar-refractivity contribution < 1.29 is 13.2 Å². The molecule has 0 N–H and O–H groups in total. The summed E-state index contributed by atoms with van der Waals surface area (Å²) in [5.74, 6) is -1.89. The van der Waals surface area contributed by atoms with Gasteiger partial charge in [-0.25, -0.2) is 13.2 Å². The second-order valence-electron chi connectivity index (χ2n) is 6.99. The number of unbranched alkanes of at least 4 members (excludes halogenated alkanes) is 1. The third kappa shape index (κ3) is 4.27. The number of benzene rings is 2. The van der Waals surface area contributed by atoms with Gasteiger partial charge in [-0.05, 0) is 42.5 Å². The number of hydrogen-bond acceptors (Lipinski definition) is 1. The summed E-state index contributed by atoms with van der Waals surface area (Å²) in [5.41, 5.74) is 3.00. The molecule has 0 aliphatic heterocycles. The summed E-state index contributed by atoms with van der Waals surface area (Å²) >= 11 is 0. The van der Waals surface area contributed by atoms with Crippen molar-refractivity contribution in [2.75, 3.05) is 0 Å². The first-order valence-electron chi connectivity index (χ1n) is 9.77. The van der Waals surface area contributed by atoms with Crippen LogP contribution in [-0.4, -0.2) is 4.98 Å². The summed E-state index contributed by atoms with van der Waals surface area (Å²) in [6, 6.07) is 11.7. The molecule has 0 saturated carbocycles. The summed E-state index contributed by atoms with van der Waals surface area (Å²) in [5, 5.41) is 0. The van der Waals surface area contributed by atoms with Gasteiger partial charge in [0.15, 0.2) is 11.6 Å². The van der Waals surface area contributed by atoms with E-state index in [2.05, 4.69) is 4.98 Å². The van der Waals surface area contributed by atoms with Crippen molar-refractivity contribution in [3.8, 4) is 22.4 Å². The standard InChI is InChI=1S/C24H24F3N/c1-3-5-7-17-10-12-20(24(27)23(17)26)19-11-13-22(28-15-19)18-9-8-16(6-4-2)21(25)14-18/h8-15H,3-7H2,1-2H3. The fraction of sp³-hybridized carbons (Fsp3) is 0.292. The minimum Gasteiger partial charge on any atom is -0.256 e. The van der Waals surface area contributed by atoms with E-state index in [4.69, 9.17) is 0 Å². The van der Waals surface area contributed by atoms with Crippen LogP contribution in [0.1, 0.15) is 44.2 Å². The van der Waals surface area contributed by atoms with Crippen LogP contribution in [0.3, 0.4) is 0 Å². The summed E-state index contributed by atoms with van der Waals surface area (Å²) in [4.78, 5) is 4.33. The monoisotopic (exact) mass is 383 g/mol. The highest BCUT2D eigenvalue weighted by Gasteiger charge is 2.15. The van der Waals surface area contributed by atoms with Gasteiger partial charge in [-0.2, -0.15) is 0 Å². The molecular weight excluding hydrogens is 359 g/mol. The maximum Gasteiger partial charge on any atom is 0.166 e. The van der Waals surface area contributed by atoms with Gasteiger partial charge in [0, 0.05) is 22.9 Å². The van der Waals surface area contributed by atoms with Gasteiger partial charge in [-0.3, -0.25) is 4.98 Å². The molecule has 0 radical (unpaired) electrons. The van der Waals surface area contributed by atoms with Gasteiger partial charge in [0.1, 0.15) is 5.82 Å². The maximum atomic E-state index is 14.5. The largest absolute Gasteiger partial charge is 0.256 e. The van der Waals surface area contributed by atoms with E-state index in [9.17, 15) is 13.2 Å². The normalized spacial score (nSPS) is 11.0. The van der Waals surface area contributed by atoms with Crippen LogP contribution in [0.2, 0.25) is 0 Å². The lowest BCUT2D eigenvalue weighted by Crippen LogP contribution is -1.98. The number of aromatic nitrogens is 1. The van der Waals surface area contributed by atoms with E-state index in [0.29, 0.717) is 40.8 Å². The molecule has 1 nitrogen and oxygen atoms in total. The SMILES string of the molecule is CCCCc1ccc(-c2ccc(-c3ccc(CCC)c(F)c3)nc2)c(F)c1F. The summed E-state index contributed by atoms with van der Waals surface area (Å²) < 4.78 is 43.0. The third-order valence-corrected chi connectivity index (χ3v) is 4.90. The van der Waals surface area contributed by atoms with Gasteiger partial charge in [-0.1, -0.05) is 57.0 Å². The molecule has 0 atom stereocenters. The fourth-order valence-corrected chi connectivity index (χ4v) is 3.28. The minimum absolute atomic E-state index is 0.182. The van der Waals surface area contributed by atoms with E-state index in [1.165, 1.54) is 12.3 Å². The summed E-state index contributed by atoms with van der Waals surface area (Å²) in [7, 11) is 0. The number of aryl methyl sites for hydroxylation is 2. The number of halogens is 3. The minimum atomic E-state index is -0.849. The number of hydrogen-bond donors (Lipinski definition) is 0. The van der Waals surface area contributed by atoms with Crippen LogP contribution in [0.25, 0.3) is 22.4 Å². The zero-order valence-electron chi connectivity index (χ0n) is 16.2. The lowest BCUT2D eigenvalue weighted by atomic mass is 10.00. The second kappa shape index (κ2) is 9.05. The Morgan fingerprint density at radius 1 is 0.750 bits per heavy atom. The van der Waals surface area contributed by atoms with E-state index in [1.54, 1.807) is 30.3 Å². The Morgan fingerprint density at radius 3 is 2.14 bits per heavy atom. The Labute approximate surface area is 164 Å². The lowest BCUT2D eigenvalue weighted by Gasteiger charge is -2.10. The Morgan fingerprint density at radius 2 is 1.50 bits per heavy atom. The second-order valence-corrected chi connectivity index (χ2v) is 6.99. The molecule has 0 saturated heterocycles. The number of nitrogens with zero attached hydrogens (tertiary/aromatic N) is 1. The number of pyridine rings is 1. The molecule has 146 valence electrons. The van der Waals surface area contributed by atoms with Crippen molar-refractivity contribution >= 4 is 0 Å². The van der Waals surface area contributed by atoms with E-state index in [-0.39, 0.29) is 11.4 Å². The van der Waals surface area contributed by atoms with Crippen LogP contribution in [0, 0.1) is 17.5 Å². The van der Waals surface area contributed by atoms with Crippen LogP contribution >= 0.6 is 0 Å². The van der Waals surface area contributed by atoms with E-state index >= 15 is 0 Å². The smallest absolute Gasteiger partial charge is 0.166 e. The zero-order chi connectivity index (χ0) is 20.1. The van der Waals surface area contributed by atoms with Crippen LogP contribution in [0.15, 0.2) is 48.7 Å².